The van der Waals surface area contributed by atoms with Gasteiger partial charge in [-0.05, 0) is 34.9 Å². The third kappa shape index (κ3) is 3.78. The highest BCUT2D eigenvalue weighted by molar-refractivity contribution is 9.10. The van der Waals surface area contributed by atoms with Crippen LogP contribution < -0.4 is 10.2 Å². The maximum Gasteiger partial charge on any atom is 0.287 e. The monoisotopic (exact) mass is 409 g/mol. The van der Waals surface area contributed by atoms with Gasteiger partial charge in [0.1, 0.15) is 6.61 Å². The molecule has 0 aliphatic rings. The van der Waals surface area contributed by atoms with Crippen LogP contribution in [0.25, 0.3) is 0 Å². The number of benzene rings is 1. The van der Waals surface area contributed by atoms with E-state index in [9.17, 15) is 5.21 Å². The minimum atomic E-state index is 0.0614. The standard InChI is InChI=1S/C14H12BrN5O3S/c1-8-2-3-9(4-11(8)15)17-13(18-21)12-14(20-23-19-12)22-6-10-5-16-7-24-10/h2-5,7,21H,6H2,1H3,(H,17,18). The minimum absolute atomic E-state index is 0.0614. The summed E-state index contributed by atoms with van der Waals surface area (Å²) < 4.78 is 11.2. The van der Waals surface area contributed by atoms with Gasteiger partial charge in [0.15, 0.2) is 5.84 Å². The zero-order chi connectivity index (χ0) is 16.9. The third-order valence-corrected chi connectivity index (χ3v) is 4.63. The highest BCUT2D eigenvalue weighted by Gasteiger charge is 2.18. The molecule has 0 amide bonds. The first-order chi connectivity index (χ1) is 11.7. The number of halogens is 1. The molecule has 8 nitrogen and oxygen atoms in total. The maximum atomic E-state index is 9.39. The van der Waals surface area contributed by atoms with Crippen molar-refractivity contribution in [1.29, 1.82) is 0 Å². The van der Waals surface area contributed by atoms with E-state index in [-0.39, 0.29) is 24.0 Å². The van der Waals surface area contributed by atoms with Gasteiger partial charge in [0.05, 0.1) is 16.1 Å². The van der Waals surface area contributed by atoms with Gasteiger partial charge in [-0.2, -0.15) is 0 Å². The van der Waals surface area contributed by atoms with Crippen LogP contribution >= 0.6 is 27.3 Å². The molecule has 0 bridgehead atoms. The molecule has 0 unspecified atom stereocenters. The number of nitrogens with zero attached hydrogens (tertiary/aromatic N) is 4. The van der Waals surface area contributed by atoms with Crippen LogP contribution in [0.5, 0.6) is 5.88 Å². The first-order valence-electron chi connectivity index (χ1n) is 6.75. The van der Waals surface area contributed by atoms with Crippen molar-refractivity contribution in [2.45, 2.75) is 13.5 Å². The van der Waals surface area contributed by atoms with E-state index in [1.165, 1.54) is 11.3 Å². The van der Waals surface area contributed by atoms with E-state index in [2.05, 4.69) is 36.2 Å². The highest BCUT2D eigenvalue weighted by atomic mass is 79.9. The molecule has 0 aliphatic carbocycles. The minimum Gasteiger partial charge on any atom is -0.468 e. The molecule has 3 rings (SSSR count). The molecule has 1 aromatic carbocycles. The summed E-state index contributed by atoms with van der Waals surface area (Å²) in [4.78, 5) is 9.18. The van der Waals surface area contributed by atoms with Crippen LogP contribution in [-0.4, -0.2) is 26.3 Å². The summed E-state index contributed by atoms with van der Waals surface area (Å²) in [6.07, 6.45) is 1.70. The fraction of sp³-hybridized carbons (Fsp3) is 0.143. The van der Waals surface area contributed by atoms with Gasteiger partial charge in [0.2, 0.25) is 5.69 Å². The van der Waals surface area contributed by atoms with Crippen LogP contribution in [0.4, 0.5) is 5.69 Å². The van der Waals surface area contributed by atoms with Crippen LogP contribution in [0.15, 0.2) is 44.0 Å². The normalized spacial score (nSPS) is 11.5. The lowest BCUT2D eigenvalue weighted by Crippen LogP contribution is -2.21. The number of aromatic nitrogens is 3. The second-order valence-corrected chi connectivity index (χ2v) is 6.51. The molecule has 0 atom stereocenters. The van der Waals surface area contributed by atoms with Crippen molar-refractivity contribution >= 4 is 38.8 Å². The Morgan fingerprint density at radius 1 is 1.46 bits per heavy atom. The van der Waals surface area contributed by atoms with E-state index in [0.29, 0.717) is 5.69 Å². The number of nitrogens with one attached hydrogen (secondary N) is 1. The molecular formula is C14H12BrN5O3S. The van der Waals surface area contributed by atoms with Gasteiger partial charge in [-0.3, -0.25) is 15.7 Å². The lowest BCUT2D eigenvalue weighted by atomic mass is 10.2. The summed E-state index contributed by atoms with van der Waals surface area (Å²) in [7, 11) is 0. The van der Waals surface area contributed by atoms with Crippen molar-refractivity contribution in [3.63, 3.8) is 0 Å². The first-order valence-corrected chi connectivity index (χ1v) is 8.42. The Bertz CT molecular complexity index is 850. The van der Waals surface area contributed by atoms with Gasteiger partial charge in [0.25, 0.3) is 5.88 Å². The molecule has 10 heteroatoms. The Kier molecular flexibility index (Phi) is 5.18. The third-order valence-electron chi connectivity index (χ3n) is 3.02. The molecule has 0 radical (unpaired) electrons. The van der Waals surface area contributed by atoms with E-state index in [1.807, 2.05) is 30.6 Å². The lowest BCUT2D eigenvalue weighted by molar-refractivity contribution is 0.233. The number of aliphatic imine (C=N–C) groups is 1. The molecule has 124 valence electrons. The largest absolute Gasteiger partial charge is 0.468 e. The molecule has 3 aromatic rings. The van der Waals surface area contributed by atoms with Crippen LogP contribution in [0.2, 0.25) is 0 Å². The topological polar surface area (TPSA) is 106 Å². The zero-order valence-corrected chi connectivity index (χ0v) is 14.8. The fourth-order valence-electron chi connectivity index (χ4n) is 1.78. The number of hydroxylamine groups is 1. The molecule has 24 heavy (non-hydrogen) atoms. The Morgan fingerprint density at radius 2 is 2.33 bits per heavy atom. The van der Waals surface area contributed by atoms with Crippen LogP contribution in [0, 0.1) is 6.92 Å². The van der Waals surface area contributed by atoms with Crippen molar-refractivity contribution in [3.8, 4) is 5.88 Å². The molecule has 2 N–H and O–H groups in total. The van der Waals surface area contributed by atoms with Crippen molar-refractivity contribution in [3.05, 3.63) is 50.5 Å². The quantitative estimate of drug-likeness (QED) is 0.378. The summed E-state index contributed by atoms with van der Waals surface area (Å²) in [5, 5.41) is 16.8. The second-order valence-electron chi connectivity index (χ2n) is 4.68. The molecule has 0 fully saturated rings. The van der Waals surface area contributed by atoms with E-state index >= 15 is 0 Å². The summed E-state index contributed by atoms with van der Waals surface area (Å²) >= 11 is 4.89. The van der Waals surface area contributed by atoms with E-state index in [4.69, 9.17) is 9.37 Å². The number of ether oxygens (including phenoxy) is 1. The molecule has 0 saturated carbocycles. The number of rotatable bonds is 5. The SMILES string of the molecule is Cc1ccc(N=C(NO)c2nonc2OCc2cncs2)cc1Br. The van der Waals surface area contributed by atoms with Gasteiger partial charge in [-0.25, -0.2) is 9.62 Å². The number of hydrogen-bond acceptors (Lipinski definition) is 8. The Morgan fingerprint density at radius 3 is 3.04 bits per heavy atom. The van der Waals surface area contributed by atoms with Crippen molar-refractivity contribution < 1.29 is 14.6 Å². The number of amidine groups is 1. The van der Waals surface area contributed by atoms with Gasteiger partial charge in [0, 0.05) is 10.7 Å². The molecule has 2 aromatic heterocycles. The van der Waals surface area contributed by atoms with Crippen molar-refractivity contribution in [2.24, 2.45) is 4.99 Å². The molecular weight excluding hydrogens is 398 g/mol. The molecule has 0 spiro atoms. The summed E-state index contributed by atoms with van der Waals surface area (Å²) in [6, 6.07) is 5.53. The van der Waals surface area contributed by atoms with Gasteiger partial charge >= 0.3 is 0 Å². The zero-order valence-electron chi connectivity index (χ0n) is 12.4. The average Bonchev–Trinajstić information content (AvgIpc) is 3.25. The van der Waals surface area contributed by atoms with Gasteiger partial charge in [-0.1, -0.05) is 22.0 Å². The Labute approximate surface area is 149 Å². The maximum absolute atomic E-state index is 9.39. The van der Waals surface area contributed by atoms with E-state index in [1.54, 1.807) is 11.7 Å². The van der Waals surface area contributed by atoms with E-state index < -0.39 is 0 Å². The summed E-state index contributed by atoms with van der Waals surface area (Å²) in [5.41, 5.74) is 5.56. The summed E-state index contributed by atoms with van der Waals surface area (Å²) in [5.74, 6) is 0.182. The second kappa shape index (κ2) is 7.51. The number of aryl methyl sites for hydroxylation is 1. The highest BCUT2D eigenvalue weighted by Crippen LogP contribution is 2.24. The van der Waals surface area contributed by atoms with Crippen LogP contribution in [0.1, 0.15) is 16.1 Å². The molecule has 0 saturated heterocycles. The van der Waals surface area contributed by atoms with Crippen LogP contribution in [-0.2, 0) is 6.61 Å². The predicted octanol–water partition coefficient (Wildman–Crippen LogP) is 3.23. The van der Waals surface area contributed by atoms with Gasteiger partial charge < -0.3 is 4.74 Å². The first kappa shape index (κ1) is 16.6. The van der Waals surface area contributed by atoms with Gasteiger partial charge in [-0.15, -0.1) is 11.3 Å². The van der Waals surface area contributed by atoms with E-state index in [0.717, 1.165) is 14.9 Å². The Hall–Kier alpha value is -2.30. The average molecular weight is 410 g/mol. The lowest BCUT2D eigenvalue weighted by Gasteiger charge is -2.05. The fourth-order valence-corrected chi connectivity index (χ4v) is 2.66. The smallest absolute Gasteiger partial charge is 0.287 e. The molecule has 0 aliphatic heterocycles. The van der Waals surface area contributed by atoms with Crippen molar-refractivity contribution in [1.82, 2.24) is 20.8 Å². The van der Waals surface area contributed by atoms with Crippen molar-refractivity contribution in [2.75, 3.05) is 0 Å². The molecule has 2 heterocycles. The predicted molar refractivity (Wildman–Crippen MR) is 90.7 cm³/mol. The van der Waals surface area contributed by atoms with Crippen LogP contribution in [0.3, 0.4) is 0 Å². The number of hydrogen-bond donors (Lipinski definition) is 2. The number of thiazole rings is 1. The Balaban J connectivity index is 1.84. The summed E-state index contributed by atoms with van der Waals surface area (Å²) in [6.45, 7) is 2.23.